The molecule has 2 aliphatic carbocycles. The maximum Gasteiger partial charge on any atom is 0.304 e. The van der Waals surface area contributed by atoms with E-state index in [1.54, 1.807) is 24.3 Å². The number of hydrogen-bond donors (Lipinski definition) is 1. The Morgan fingerprint density at radius 2 is 2.16 bits per heavy atom. The van der Waals surface area contributed by atoms with E-state index in [1.807, 2.05) is 0 Å². The van der Waals surface area contributed by atoms with Crippen molar-refractivity contribution in [2.45, 2.75) is 30.7 Å². The van der Waals surface area contributed by atoms with E-state index in [2.05, 4.69) is 17.5 Å². The summed E-state index contributed by atoms with van der Waals surface area (Å²) in [7, 11) is 0. The van der Waals surface area contributed by atoms with Crippen molar-refractivity contribution >= 4 is 40.4 Å². The number of carbonyl (C=O) groups is 2. The summed E-state index contributed by atoms with van der Waals surface area (Å²) >= 11 is 7.39. The number of fused-ring (bicyclic) bond motifs is 2. The lowest BCUT2D eigenvalue weighted by Gasteiger charge is -2.25. The molecular formula is C18H17ClN2O3S. The molecule has 5 nitrogen and oxygen atoms in total. The first-order valence-electron chi connectivity index (χ1n) is 8.19. The molecule has 1 N–H and O–H groups in total. The Balaban J connectivity index is 1.68. The van der Waals surface area contributed by atoms with Gasteiger partial charge in [-0.1, -0.05) is 42.0 Å². The van der Waals surface area contributed by atoms with Gasteiger partial charge in [-0.2, -0.15) is 0 Å². The van der Waals surface area contributed by atoms with Crippen LogP contribution in [-0.4, -0.2) is 23.1 Å². The molecule has 1 aromatic carbocycles. The van der Waals surface area contributed by atoms with Gasteiger partial charge in [0.25, 0.3) is 10.8 Å². The SMILES string of the molecule is CC(=O)OC1(c2ccccc2Cl)SC(=NC2CC3C=CC2C3)NC1=O. The number of esters is 1. The first kappa shape index (κ1) is 16.7. The summed E-state index contributed by atoms with van der Waals surface area (Å²) < 4.78 is 5.47. The van der Waals surface area contributed by atoms with Gasteiger partial charge in [0.15, 0.2) is 5.17 Å². The van der Waals surface area contributed by atoms with Crippen molar-refractivity contribution in [1.29, 1.82) is 0 Å². The molecule has 4 atom stereocenters. The molecule has 1 aliphatic heterocycles. The topological polar surface area (TPSA) is 67.8 Å². The Labute approximate surface area is 154 Å². The van der Waals surface area contributed by atoms with E-state index >= 15 is 0 Å². The molecule has 2 bridgehead atoms. The van der Waals surface area contributed by atoms with Crippen LogP contribution in [0.25, 0.3) is 0 Å². The second-order valence-corrected chi connectivity index (χ2v) is 8.10. The van der Waals surface area contributed by atoms with Crippen molar-refractivity contribution in [3.63, 3.8) is 0 Å². The number of amidine groups is 1. The average Bonchev–Trinajstić information content (AvgIpc) is 3.23. The van der Waals surface area contributed by atoms with Crippen LogP contribution in [0.1, 0.15) is 25.3 Å². The van der Waals surface area contributed by atoms with Crippen LogP contribution in [0.4, 0.5) is 0 Å². The fourth-order valence-electron chi connectivity index (χ4n) is 3.73. The van der Waals surface area contributed by atoms with Crippen LogP contribution < -0.4 is 5.32 Å². The summed E-state index contributed by atoms with van der Waals surface area (Å²) in [6, 6.07) is 7.06. The molecule has 3 aliphatic rings. The third kappa shape index (κ3) is 2.87. The fourth-order valence-corrected chi connectivity index (χ4v) is 5.25. The van der Waals surface area contributed by atoms with Crippen LogP contribution >= 0.6 is 23.4 Å². The van der Waals surface area contributed by atoms with E-state index in [0.717, 1.165) is 24.6 Å². The highest BCUT2D eigenvalue weighted by atomic mass is 35.5. The zero-order valence-corrected chi connectivity index (χ0v) is 15.1. The van der Waals surface area contributed by atoms with Crippen molar-refractivity contribution in [2.75, 3.05) is 0 Å². The lowest BCUT2D eigenvalue weighted by Crippen LogP contribution is -2.38. The van der Waals surface area contributed by atoms with Gasteiger partial charge in [0.2, 0.25) is 0 Å². The van der Waals surface area contributed by atoms with E-state index < -0.39 is 16.8 Å². The molecule has 1 saturated carbocycles. The third-order valence-electron chi connectivity index (χ3n) is 4.80. The number of ether oxygens (including phenoxy) is 1. The molecule has 25 heavy (non-hydrogen) atoms. The normalized spacial score (nSPS) is 34.6. The van der Waals surface area contributed by atoms with Crippen LogP contribution in [0.15, 0.2) is 41.4 Å². The molecule has 0 spiro atoms. The molecule has 1 amide bonds. The molecule has 4 rings (SSSR count). The summed E-state index contributed by atoms with van der Waals surface area (Å²) in [6.07, 6.45) is 6.57. The van der Waals surface area contributed by atoms with Crippen molar-refractivity contribution in [3.05, 3.63) is 47.0 Å². The number of amides is 1. The Hall–Kier alpha value is -1.79. The number of allylic oxidation sites excluding steroid dienone is 1. The van der Waals surface area contributed by atoms with Gasteiger partial charge in [-0.15, -0.1) is 0 Å². The fraction of sp³-hybridized carbons (Fsp3) is 0.389. The predicted octanol–water partition coefficient (Wildman–Crippen LogP) is 3.24. The van der Waals surface area contributed by atoms with E-state index in [0.29, 0.717) is 27.6 Å². The molecule has 4 unspecified atom stereocenters. The molecule has 7 heteroatoms. The quantitative estimate of drug-likeness (QED) is 0.649. The van der Waals surface area contributed by atoms with E-state index in [-0.39, 0.29) is 6.04 Å². The molecule has 0 radical (unpaired) electrons. The highest BCUT2D eigenvalue weighted by Crippen LogP contribution is 2.47. The highest BCUT2D eigenvalue weighted by Gasteiger charge is 2.53. The lowest BCUT2D eigenvalue weighted by molar-refractivity contribution is -0.156. The van der Waals surface area contributed by atoms with Gasteiger partial charge in [0.1, 0.15) is 0 Å². The van der Waals surface area contributed by atoms with Gasteiger partial charge in [-0.05, 0) is 42.5 Å². The minimum atomic E-state index is -1.53. The van der Waals surface area contributed by atoms with Crippen molar-refractivity contribution in [3.8, 4) is 0 Å². The Morgan fingerprint density at radius 1 is 1.36 bits per heavy atom. The van der Waals surface area contributed by atoms with Gasteiger partial charge in [-0.25, -0.2) is 0 Å². The Kier molecular flexibility index (Phi) is 4.12. The molecule has 1 heterocycles. The van der Waals surface area contributed by atoms with Gasteiger partial charge in [-0.3, -0.25) is 14.6 Å². The molecular weight excluding hydrogens is 360 g/mol. The number of benzene rings is 1. The summed E-state index contributed by atoms with van der Waals surface area (Å²) in [5.41, 5.74) is 0.451. The number of carbonyl (C=O) groups excluding carboxylic acids is 2. The van der Waals surface area contributed by atoms with Gasteiger partial charge in [0, 0.05) is 17.5 Å². The van der Waals surface area contributed by atoms with E-state index in [9.17, 15) is 9.59 Å². The van der Waals surface area contributed by atoms with Crippen molar-refractivity contribution in [2.24, 2.45) is 16.8 Å². The summed E-state index contributed by atoms with van der Waals surface area (Å²) in [5.74, 6) is 0.0345. The van der Waals surface area contributed by atoms with Crippen LogP contribution in [0.2, 0.25) is 5.02 Å². The molecule has 2 fully saturated rings. The number of rotatable bonds is 3. The molecule has 130 valence electrons. The van der Waals surface area contributed by atoms with E-state index in [1.165, 1.54) is 6.92 Å². The second-order valence-electron chi connectivity index (χ2n) is 6.53. The molecule has 1 saturated heterocycles. The third-order valence-corrected chi connectivity index (χ3v) is 6.31. The van der Waals surface area contributed by atoms with Gasteiger partial charge < -0.3 is 10.1 Å². The summed E-state index contributed by atoms with van der Waals surface area (Å²) in [4.78, 5) is 27.6. The van der Waals surface area contributed by atoms with Crippen molar-refractivity contribution < 1.29 is 14.3 Å². The van der Waals surface area contributed by atoms with Crippen LogP contribution in [0.5, 0.6) is 0 Å². The predicted molar refractivity (Wildman–Crippen MR) is 97.2 cm³/mol. The largest absolute Gasteiger partial charge is 0.433 e. The number of halogens is 1. The molecule has 1 aromatic rings. The second kappa shape index (κ2) is 6.18. The zero-order valence-electron chi connectivity index (χ0n) is 13.6. The molecule has 0 aromatic heterocycles. The monoisotopic (exact) mass is 376 g/mol. The van der Waals surface area contributed by atoms with Gasteiger partial charge >= 0.3 is 5.97 Å². The Morgan fingerprint density at radius 3 is 2.80 bits per heavy atom. The summed E-state index contributed by atoms with van der Waals surface area (Å²) in [6.45, 7) is 1.28. The smallest absolute Gasteiger partial charge is 0.304 e. The maximum absolute atomic E-state index is 12.8. The van der Waals surface area contributed by atoms with Crippen molar-refractivity contribution in [1.82, 2.24) is 5.32 Å². The summed E-state index contributed by atoms with van der Waals surface area (Å²) in [5, 5.41) is 3.63. The Bertz CT molecular complexity index is 809. The minimum Gasteiger partial charge on any atom is -0.433 e. The number of nitrogens with zero attached hydrogens (tertiary/aromatic N) is 1. The minimum absolute atomic E-state index is 0.164. The lowest BCUT2D eigenvalue weighted by atomic mass is 10.0. The maximum atomic E-state index is 12.8. The van der Waals surface area contributed by atoms with Crippen LogP contribution in [0.3, 0.4) is 0 Å². The average molecular weight is 377 g/mol. The standard InChI is InChI=1S/C18H17ClN2O3S/c1-10(22)24-18(13-4-2-3-5-14(13)19)16(23)21-17(25-18)20-15-9-11-6-7-12(15)8-11/h2-7,11-12,15H,8-9H2,1H3,(H,20,21,23). The van der Waals surface area contributed by atoms with Crippen LogP contribution in [-0.2, 0) is 19.3 Å². The first-order chi connectivity index (χ1) is 12.0. The highest BCUT2D eigenvalue weighted by molar-refractivity contribution is 8.15. The van der Waals surface area contributed by atoms with Crippen LogP contribution in [0, 0.1) is 11.8 Å². The van der Waals surface area contributed by atoms with E-state index in [4.69, 9.17) is 21.3 Å². The number of thioether (sulfide) groups is 1. The number of hydrogen-bond acceptors (Lipinski definition) is 5. The number of nitrogens with one attached hydrogen (secondary N) is 1. The first-order valence-corrected chi connectivity index (χ1v) is 9.38. The number of aliphatic imine (C=N–C) groups is 1. The zero-order chi connectivity index (χ0) is 17.6. The van der Waals surface area contributed by atoms with Gasteiger partial charge in [0.05, 0.1) is 6.04 Å².